The molecule has 4 rings (SSSR count). The lowest BCUT2D eigenvalue weighted by molar-refractivity contribution is 0.100. The molecule has 7 nitrogen and oxygen atoms in total. The smallest absolute Gasteiger partial charge is 0.250 e. The zero-order chi connectivity index (χ0) is 20.0. The van der Waals surface area contributed by atoms with E-state index in [-0.39, 0.29) is 5.56 Å². The molecule has 0 saturated carbocycles. The molecule has 3 heterocycles. The van der Waals surface area contributed by atoms with Crippen molar-refractivity contribution in [1.82, 2.24) is 14.5 Å². The highest BCUT2D eigenvalue weighted by atomic mass is 35.5. The number of aromatic nitrogens is 3. The number of halogens is 2. The van der Waals surface area contributed by atoms with E-state index in [1.54, 1.807) is 34.2 Å². The fraction of sp³-hybridized carbons (Fsp3) is 0. The van der Waals surface area contributed by atoms with E-state index in [9.17, 15) is 4.79 Å². The van der Waals surface area contributed by atoms with E-state index in [4.69, 9.17) is 40.4 Å². The number of benzene rings is 1. The van der Waals surface area contributed by atoms with Crippen LogP contribution in [0, 0.1) is 6.20 Å². The number of nitrogens with zero attached hydrogens (tertiary/aromatic N) is 3. The third kappa shape index (κ3) is 3.22. The highest BCUT2D eigenvalue weighted by Gasteiger charge is 2.26. The quantitative estimate of drug-likeness (QED) is 0.432. The molecule has 141 valence electrons. The lowest BCUT2D eigenvalue weighted by Crippen LogP contribution is -2.12. The maximum Gasteiger partial charge on any atom is 0.250 e. The third-order valence-corrected chi connectivity index (χ3v) is 5.89. The summed E-state index contributed by atoms with van der Waals surface area (Å²) in [6, 6.07) is 6.62. The number of nitrogens with two attached hydrogens (primary N) is 3. The minimum absolute atomic E-state index is 0.256. The van der Waals surface area contributed by atoms with Gasteiger partial charge in [0.2, 0.25) is 0 Å². The normalized spacial score (nSPS) is 11.1. The van der Waals surface area contributed by atoms with Gasteiger partial charge in [0.25, 0.3) is 5.91 Å². The Labute approximate surface area is 177 Å². The van der Waals surface area contributed by atoms with E-state index in [0.29, 0.717) is 48.0 Å². The van der Waals surface area contributed by atoms with Crippen LogP contribution in [0.5, 0.6) is 0 Å². The van der Waals surface area contributed by atoms with Gasteiger partial charge in [-0.1, -0.05) is 34.5 Å². The molecular formula is C17H11Cl2N6OS2. The predicted octanol–water partition coefficient (Wildman–Crippen LogP) is 4.09. The number of anilines is 2. The summed E-state index contributed by atoms with van der Waals surface area (Å²) in [6.45, 7) is 0. The van der Waals surface area contributed by atoms with Gasteiger partial charge in [-0.05, 0) is 24.3 Å². The number of carbonyl (C=O) groups is 1. The molecule has 11 heteroatoms. The first-order chi connectivity index (χ1) is 13.3. The lowest BCUT2D eigenvalue weighted by atomic mass is 10.1. The summed E-state index contributed by atoms with van der Waals surface area (Å²) in [6.07, 6.45) is 2.86. The average molecular weight is 450 g/mol. The molecule has 6 N–H and O–H groups in total. The summed E-state index contributed by atoms with van der Waals surface area (Å²) in [5, 5.41) is 3.87. The summed E-state index contributed by atoms with van der Waals surface area (Å²) in [5.41, 5.74) is 19.7. The van der Waals surface area contributed by atoms with E-state index in [0.717, 1.165) is 0 Å². The number of primary amides is 1. The number of thiazole rings is 2. The van der Waals surface area contributed by atoms with Crippen molar-refractivity contribution >= 4 is 62.0 Å². The standard InChI is InChI=1S/C17H11Cl2N6OS2/c18-7-1-2-8(10(19)3-7)14-9(15(20)26)4-12(11-6-27-17(22)24-11)25(14)13-5-23-16(21)28-13/h1-4,6H,(H2,20,26)(H2,21,23)(H2,22,24). The maximum absolute atomic E-state index is 12.3. The minimum atomic E-state index is -0.623. The van der Waals surface area contributed by atoms with E-state index >= 15 is 0 Å². The zero-order valence-electron chi connectivity index (χ0n) is 13.9. The second-order valence-electron chi connectivity index (χ2n) is 5.66. The molecule has 3 aromatic heterocycles. The van der Waals surface area contributed by atoms with Crippen LogP contribution in [-0.4, -0.2) is 20.4 Å². The third-order valence-electron chi connectivity index (χ3n) is 3.90. The number of rotatable bonds is 4. The maximum atomic E-state index is 12.3. The molecule has 1 amide bonds. The Balaban J connectivity index is 2.11. The first kappa shape index (κ1) is 18.8. The molecule has 0 aliphatic carbocycles. The van der Waals surface area contributed by atoms with E-state index in [1.165, 1.54) is 22.7 Å². The van der Waals surface area contributed by atoms with Gasteiger partial charge in [-0.2, -0.15) is 0 Å². The topological polar surface area (TPSA) is 126 Å². The molecule has 0 fully saturated rings. The summed E-state index contributed by atoms with van der Waals surface area (Å²) >= 11 is 14.9. The van der Waals surface area contributed by atoms with Gasteiger partial charge in [0.15, 0.2) is 10.3 Å². The lowest BCUT2D eigenvalue weighted by Gasteiger charge is -2.12. The van der Waals surface area contributed by atoms with E-state index < -0.39 is 5.91 Å². The van der Waals surface area contributed by atoms with Crippen LogP contribution in [0.15, 0.2) is 29.6 Å². The Morgan fingerprint density at radius 3 is 2.54 bits per heavy atom. The molecule has 28 heavy (non-hydrogen) atoms. The largest absolute Gasteiger partial charge is 0.375 e. The first-order valence-electron chi connectivity index (χ1n) is 7.72. The monoisotopic (exact) mass is 449 g/mol. The van der Waals surface area contributed by atoms with Crippen LogP contribution >= 0.6 is 45.9 Å². The average Bonchev–Trinajstić information content (AvgIpc) is 3.32. The summed E-state index contributed by atoms with van der Waals surface area (Å²) in [7, 11) is 0. The van der Waals surface area contributed by atoms with Crippen molar-refractivity contribution in [3.05, 3.63) is 51.5 Å². The SMILES string of the molecule is NC(=O)c1cc(-c2csc(N)n2)n(-c2[c]nc(N)s2)c1-c1ccc(Cl)cc1Cl. The molecule has 4 aromatic rings. The molecular weight excluding hydrogens is 439 g/mol. The van der Waals surface area contributed by atoms with Crippen LogP contribution < -0.4 is 17.2 Å². The van der Waals surface area contributed by atoms with Gasteiger partial charge < -0.3 is 17.2 Å². The second kappa shape index (κ2) is 7.10. The second-order valence-corrected chi connectivity index (χ2v) is 8.40. The number of carbonyl (C=O) groups excluding carboxylic acids is 1. The van der Waals surface area contributed by atoms with Crippen LogP contribution in [0.2, 0.25) is 10.0 Å². The van der Waals surface area contributed by atoms with Gasteiger partial charge in [-0.15, -0.1) is 11.3 Å². The van der Waals surface area contributed by atoms with Crippen molar-refractivity contribution in [2.24, 2.45) is 5.73 Å². The van der Waals surface area contributed by atoms with Crippen LogP contribution in [0.3, 0.4) is 0 Å². The number of nitrogen functional groups attached to an aromatic ring is 2. The van der Waals surface area contributed by atoms with Gasteiger partial charge in [-0.3, -0.25) is 9.36 Å². The fourth-order valence-electron chi connectivity index (χ4n) is 2.79. The van der Waals surface area contributed by atoms with Gasteiger partial charge in [0, 0.05) is 16.0 Å². The molecule has 0 aliphatic heterocycles. The van der Waals surface area contributed by atoms with Crippen LogP contribution in [0.25, 0.3) is 27.6 Å². The summed E-state index contributed by atoms with van der Waals surface area (Å²) in [5.74, 6) is -0.623. The van der Waals surface area contributed by atoms with Crippen LogP contribution in [0.4, 0.5) is 10.3 Å². The van der Waals surface area contributed by atoms with Gasteiger partial charge in [0.05, 0.1) is 22.0 Å². The van der Waals surface area contributed by atoms with E-state index in [2.05, 4.69) is 16.2 Å². The molecule has 1 radical (unpaired) electrons. The van der Waals surface area contributed by atoms with E-state index in [1.807, 2.05) is 0 Å². The first-order valence-corrected chi connectivity index (χ1v) is 10.2. The van der Waals surface area contributed by atoms with Crippen molar-refractivity contribution in [3.63, 3.8) is 0 Å². The Hall–Kier alpha value is -2.59. The number of amides is 1. The van der Waals surface area contributed by atoms with Crippen molar-refractivity contribution in [2.75, 3.05) is 11.5 Å². The molecule has 0 saturated heterocycles. The highest BCUT2D eigenvalue weighted by Crippen LogP contribution is 2.41. The Bertz CT molecular complexity index is 1210. The fourth-order valence-corrected chi connectivity index (χ4v) is 4.51. The van der Waals surface area contributed by atoms with Gasteiger partial charge in [0.1, 0.15) is 16.9 Å². The molecule has 0 bridgehead atoms. The Kier molecular flexibility index (Phi) is 4.76. The highest BCUT2D eigenvalue weighted by molar-refractivity contribution is 7.17. The summed E-state index contributed by atoms with van der Waals surface area (Å²) < 4.78 is 1.75. The van der Waals surface area contributed by atoms with Crippen LogP contribution in [0.1, 0.15) is 10.4 Å². The Morgan fingerprint density at radius 1 is 1.18 bits per heavy atom. The molecule has 0 atom stereocenters. The van der Waals surface area contributed by atoms with Crippen LogP contribution in [-0.2, 0) is 0 Å². The summed E-state index contributed by atoms with van der Waals surface area (Å²) in [4.78, 5) is 20.6. The van der Waals surface area contributed by atoms with Gasteiger partial charge >= 0.3 is 0 Å². The predicted molar refractivity (Wildman–Crippen MR) is 114 cm³/mol. The number of hydrogen-bond donors (Lipinski definition) is 3. The van der Waals surface area contributed by atoms with Crippen molar-refractivity contribution < 1.29 is 4.79 Å². The molecule has 0 aliphatic rings. The van der Waals surface area contributed by atoms with Gasteiger partial charge in [-0.25, -0.2) is 9.97 Å². The minimum Gasteiger partial charge on any atom is -0.375 e. The molecule has 0 spiro atoms. The molecule has 0 unspecified atom stereocenters. The Morgan fingerprint density at radius 2 is 1.96 bits per heavy atom. The number of hydrogen-bond acceptors (Lipinski definition) is 7. The molecule has 1 aromatic carbocycles. The van der Waals surface area contributed by atoms with Crippen molar-refractivity contribution in [1.29, 1.82) is 0 Å². The van der Waals surface area contributed by atoms with Crippen molar-refractivity contribution in [2.45, 2.75) is 0 Å². The zero-order valence-corrected chi connectivity index (χ0v) is 17.1. The van der Waals surface area contributed by atoms with Crippen molar-refractivity contribution in [3.8, 4) is 27.6 Å².